The van der Waals surface area contributed by atoms with Crippen molar-refractivity contribution in [3.8, 4) is 90.2 Å². The minimum Gasteiger partial charge on any atom is -0.456 e. The van der Waals surface area contributed by atoms with Crippen molar-refractivity contribution in [1.82, 2.24) is 29.1 Å². The molecule has 16 aromatic rings. The zero-order chi connectivity index (χ0) is 57.4. The van der Waals surface area contributed by atoms with Crippen molar-refractivity contribution in [2.45, 2.75) is 0 Å². The molecule has 0 saturated carbocycles. The summed E-state index contributed by atoms with van der Waals surface area (Å²) in [6.45, 7) is 0. The van der Waals surface area contributed by atoms with Crippen LogP contribution in [0.4, 0.5) is 0 Å². The third kappa shape index (κ3) is 8.70. The number of allylic oxidation sites excluding steroid dienone is 4. The minimum absolute atomic E-state index is 0.812. The molecule has 17 rings (SSSR count). The van der Waals surface area contributed by atoms with E-state index in [1.165, 1.54) is 0 Å². The highest BCUT2D eigenvalue weighted by Crippen LogP contribution is 2.42. The first kappa shape index (κ1) is 49.6. The summed E-state index contributed by atoms with van der Waals surface area (Å²) in [5.74, 6) is 0. The minimum atomic E-state index is 0.812. The SMILES string of the molecule is C1=C=CC(c2cccc(-c3ccc4c(c3)c3cc(-c5cccc(-c6ccccc6)n5)ccc3n4-c3ccc4oc5ccc(-n6c7ccc(-c8cccc(-c9ccccc9)n8)cc7c7cc(-c8cccc(-c9ccccc9)n8)ccc76)cc5c4c3)n2)=CC=1. The van der Waals surface area contributed by atoms with E-state index in [0.717, 1.165) is 167 Å². The van der Waals surface area contributed by atoms with E-state index in [-0.39, 0.29) is 0 Å². The summed E-state index contributed by atoms with van der Waals surface area (Å²) < 4.78 is 11.5. The molecule has 404 valence electrons. The number of rotatable bonds is 10. The number of furan rings is 1. The Morgan fingerprint density at radius 3 is 0.943 bits per heavy atom. The first-order valence-electron chi connectivity index (χ1n) is 29.2. The Bertz CT molecular complexity index is 5460. The molecule has 7 heterocycles. The maximum absolute atomic E-state index is 6.72. The Kier molecular flexibility index (Phi) is 11.6. The summed E-state index contributed by atoms with van der Waals surface area (Å²) in [4.78, 5) is 20.8. The smallest absolute Gasteiger partial charge is 0.135 e. The number of fused-ring (bicyclic) bond motifs is 9. The van der Waals surface area contributed by atoms with Crippen molar-refractivity contribution in [1.29, 1.82) is 0 Å². The highest BCUT2D eigenvalue weighted by molar-refractivity contribution is 6.14. The molecular formula is C80H48N6O. The van der Waals surface area contributed by atoms with Gasteiger partial charge in [0.1, 0.15) is 11.2 Å². The van der Waals surface area contributed by atoms with Crippen LogP contribution in [0.3, 0.4) is 0 Å². The predicted molar refractivity (Wildman–Crippen MR) is 356 cm³/mol. The Hall–Kier alpha value is -12.0. The van der Waals surface area contributed by atoms with Gasteiger partial charge in [-0.15, -0.1) is 0 Å². The summed E-state index contributed by atoms with van der Waals surface area (Å²) in [5.41, 5.74) is 29.7. The average Bonchev–Trinajstić information content (AvgIpc) is 1.71. The molecule has 0 amide bonds. The van der Waals surface area contributed by atoms with Gasteiger partial charge in [0.05, 0.1) is 67.6 Å². The van der Waals surface area contributed by atoms with Gasteiger partial charge in [-0.25, -0.2) is 19.9 Å². The van der Waals surface area contributed by atoms with E-state index >= 15 is 0 Å². The largest absolute Gasteiger partial charge is 0.456 e. The van der Waals surface area contributed by atoms with E-state index in [4.69, 9.17) is 24.4 Å². The number of nitrogens with zero attached hydrogens (tertiary/aromatic N) is 6. The fraction of sp³-hybridized carbons (Fsp3) is 0. The molecule has 0 spiro atoms. The molecule has 0 fully saturated rings. The Morgan fingerprint density at radius 1 is 0.264 bits per heavy atom. The van der Waals surface area contributed by atoms with Gasteiger partial charge in [0.2, 0.25) is 0 Å². The molecular weight excluding hydrogens is 1060 g/mol. The summed E-state index contributed by atoms with van der Waals surface area (Å²) in [6, 6.07) is 96.2. The Labute approximate surface area is 500 Å². The molecule has 7 nitrogen and oxygen atoms in total. The predicted octanol–water partition coefficient (Wildman–Crippen LogP) is 20.3. The van der Waals surface area contributed by atoms with Crippen LogP contribution in [0, 0.1) is 0 Å². The van der Waals surface area contributed by atoms with Gasteiger partial charge >= 0.3 is 0 Å². The van der Waals surface area contributed by atoms with Crippen molar-refractivity contribution in [2.75, 3.05) is 0 Å². The molecule has 7 heteroatoms. The topological polar surface area (TPSA) is 74.6 Å². The Balaban J connectivity index is 0.820. The second-order valence-electron chi connectivity index (χ2n) is 22.0. The fourth-order valence-corrected chi connectivity index (χ4v) is 12.6. The normalized spacial score (nSPS) is 12.2. The molecule has 0 aliphatic heterocycles. The van der Waals surface area contributed by atoms with Crippen LogP contribution in [-0.2, 0) is 0 Å². The van der Waals surface area contributed by atoms with Crippen LogP contribution in [0.1, 0.15) is 5.69 Å². The molecule has 7 aromatic heterocycles. The molecule has 0 N–H and O–H groups in total. The van der Waals surface area contributed by atoms with E-state index in [0.29, 0.717) is 0 Å². The van der Waals surface area contributed by atoms with Gasteiger partial charge in [-0.2, -0.15) is 0 Å². The molecule has 0 bridgehead atoms. The number of hydrogen-bond acceptors (Lipinski definition) is 5. The van der Waals surface area contributed by atoms with Gasteiger partial charge in [-0.05, 0) is 152 Å². The number of pyridine rings is 4. The maximum Gasteiger partial charge on any atom is 0.135 e. The zero-order valence-electron chi connectivity index (χ0n) is 46.8. The van der Waals surface area contributed by atoms with Crippen molar-refractivity contribution < 1.29 is 4.42 Å². The lowest BCUT2D eigenvalue weighted by atomic mass is 10.0. The quantitative estimate of drug-likeness (QED) is 0.128. The van der Waals surface area contributed by atoms with E-state index in [9.17, 15) is 0 Å². The number of aromatic nitrogens is 6. The highest BCUT2D eigenvalue weighted by atomic mass is 16.3. The van der Waals surface area contributed by atoms with Crippen LogP contribution in [0.25, 0.3) is 161 Å². The van der Waals surface area contributed by atoms with Crippen molar-refractivity contribution in [3.05, 3.63) is 308 Å². The molecule has 87 heavy (non-hydrogen) atoms. The summed E-state index contributed by atoms with van der Waals surface area (Å²) in [6.07, 6.45) is 5.83. The monoisotopic (exact) mass is 1110 g/mol. The molecule has 9 aromatic carbocycles. The first-order valence-corrected chi connectivity index (χ1v) is 29.2. The highest BCUT2D eigenvalue weighted by Gasteiger charge is 2.21. The van der Waals surface area contributed by atoms with Crippen LogP contribution in [-0.4, -0.2) is 29.1 Å². The molecule has 0 atom stereocenters. The van der Waals surface area contributed by atoms with Crippen LogP contribution < -0.4 is 0 Å². The van der Waals surface area contributed by atoms with Crippen molar-refractivity contribution in [3.63, 3.8) is 0 Å². The summed E-state index contributed by atoms with van der Waals surface area (Å²) >= 11 is 0. The second kappa shape index (κ2) is 20.4. The van der Waals surface area contributed by atoms with E-state index in [2.05, 4.69) is 269 Å². The number of benzene rings is 9. The number of hydrogen-bond donors (Lipinski definition) is 0. The fourth-order valence-electron chi connectivity index (χ4n) is 12.6. The van der Waals surface area contributed by atoms with Crippen LogP contribution in [0.2, 0.25) is 0 Å². The van der Waals surface area contributed by atoms with Gasteiger partial charge in [-0.1, -0.05) is 151 Å². The lowest BCUT2D eigenvalue weighted by Crippen LogP contribution is -1.95. The van der Waals surface area contributed by atoms with E-state index in [1.807, 2.05) is 42.5 Å². The summed E-state index contributed by atoms with van der Waals surface area (Å²) in [7, 11) is 0. The van der Waals surface area contributed by atoms with Gasteiger partial charge in [0, 0.05) is 88.2 Å². The second-order valence-corrected chi connectivity index (χ2v) is 22.0. The lowest BCUT2D eigenvalue weighted by molar-refractivity contribution is 0.669. The molecule has 1 aliphatic carbocycles. The van der Waals surface area contributed by atoms with E-state index in [1.54, 1.807) is 0 Å². The van der Waals surface area contributed by atoms with Gasteiger partial charge in [0.15, 0.2) is 0 Å². The van der Waals surface area contributed by atoms with Crippen LogP contribution in [0.15, 0.2) is 307 Å². The van der Waals surface area contributed by atoms with Crippen LogP contribution in [0.5, 0.6) is 0 Å². The van der Waals surface area contributed by atoms with Crippen molar-refractivity contribution >= 4 is 71.1 Å². The van der Waals surface area contributed by atoms with Crippen molar-refractivity contribution in [2.24, 2.45) is 0 Å². The lowest BCUT2D eigenvalue weighted by Gasteiger charge is -2.10. The third-order valence-corrected chi connectivity index (χ3v) is 16.8. The average molecular weight is 1110 g/mol. The molecule has 0 unspecified atom stereocenters. The summed E-state index contributed by atoms with van der Waals surface area (Å²) in [5, 5.41) is 6.48. The third-order valence-electron chi connectivity index (χ3n) is 16.8. The first-order chi connectivity index (χ1) is 43.1. The van der Waals surface area contributed by atoms with Crippen LogP contribution >= 0.6 is 0 Å². The van der Waals surface area contributed by atoms with Gasteiger partial charge in [-0.3, -0.25) is 0 Å². The molecule has 0 saturated heterocycles. The molecule has 0 radical (unpaired) electrons. The zero-order valence-corrected chi connectivity index (χ0v) is 46.8. The maximum atomic E-state index is 6.72. The van der Waals surface area contributed by atoms with Gasteiger partial charge < -0.3 is 13.6 Å². The molecule has 1 aliphatic rings. The van der Waals surface area contributed by atoms with E-state index < -0.39 is 0 Å². The standard InChI is InChI=1S/C80H48N6O/c1-5-17-51(18-6-1)67-25-13-29-71(81-67)55-33-39-75-61(45-55)62-46-56(72-30-14-26-68(82-72)52-19-7-2-8-20-52)34-40-76(62)85(75)59-37-43-79-65(49-59)66-50-60(38-44-80(66)87-79)86-77-41-35-57(73-31-15-27-69(83-73)53-21-9-3-10-22-53)47-63(77)64-48-58(36-42-78(64)86)74-32-16-28-70(84-74)54-23-11-4-12-24-54/h1-3,5-11,13-50H. The van der Waals surface area contributed by atoms with Gasteiger partial charge in [0.25, 0.3) is 0 Å². The Morgan fingerprint density at radius 2 is 0.598 bits per heavy atom.